The highest BCUT2D eigenvalue weighted by atomic mass is 16.2. The monoisotopic (exact) mass is 239 g/mol. The minimum Gasteiger partial charge on any atom is -0.358 e. The number of carbonyl (C=O) groups excluding carboxylic acids is 1. The maximum absolute atomic E-state index is 11.9. The van der Waals surface area contributed by atoms with E-state index < -0.39 is 0 Å². The molecule has 2 aliphatic rings. The molecule has 2 rings (SSSR count). The van der Waals surface area contributed by atoms with Crippen molar-refractivity contribution >= 4 is 5.91 Å². The van der Waals surface area contributed by atoms with Crippen LogP contribution in [0.25, 0.3) is 0 Å². The summed E-state index contributed by atoms with van der Waals surface area (Å²) in [5.74, 6) is 0.184. The van der Waals surface area contributed by atoms with Crippen LogP contribution in [0.3, 0.4) is 0 Å². The summed E-state index contributed by atoms with van der Waals surface area (Å²) < 4.78 is 0. The van der Waals surface area contributed by atoms with Crippen LogP contribution < -0.4 is 11.1 Å². The molecule has 0 radical (unpaired) electrons. The molecule has 1 saturated heterocycles. The topological polar surface area (TPSA) is 58.4 Å². The lowest BCUT2D eigenvalue weighted by atomic mass is 9.87. The molecule has 0 aromatic carbocycles. The molecule has 1 aliphatic heterocycles. The largest absolute Gasteiger partial charge is 0.358 e. The Morgan fingerprint density at radius 2 is 2.06 bits per heavy atom. The average molecular weight is 239 g/mol. The first-order chi connectivity index (χ1) is 8.22. The molecule has 1 aliphatic carbocycles. The number of piperidine rings is 1. The quantitative estimate of drug-likeness (QED) is 0.751. The SMILES string of the molecule is CNC(=O)C1CCCCN1C1CCCC(N)C1. The lowest BCUT2D eigenvalue weighted by Crippen LogP contribution is -2.54. The number of likely N-dealkylation sites (N-methyl/N-ethyl adjacent to an activating group) is 1. The molecule has 3 unspecified atom stereocenters. The number of hydrogen-bond acceptors (Lipinski definition) is 3. The number of nitrogens with zero attached hydrogens (tertiary/aromatic N) is 1. The van der Waals surface area contributed by atoms with E-state index in [4.69, 9.17) is 5.73 Å². The van der Waals surface area contributed by atoms with E-state index in [1.165, 1.54) is 25.7 Å². The van der Waals surface area contributed by atoms with Crippen LogP contribution in [-0.4, -0.2) is 42.5 Å². The van der Waals surface area contributed by atoms with Gasteiger partial charge in [0.05, 0.1) is 6.04 Å². The van der Waals surface area contributed by atoms with Crippen molar-refractivity contribution in [2.24, 2.45) is 5.73 Å². The lowest BCUT2D eigenvalue weighted by Gasteiger charge is -2.43. The van der Waals surface area contributed by atoms with Gasteiger partial charge in [-0.05, 0) is 38.6 Å². The number of amides is 1. The zero-order valence-corrected chi connectivity index (χ0v) is 10.8. The normalized spacial score (nSPS) is 35.5. The second kappa shape index (κ2) is 5.83. The van der Waals surface area contributed by atoms with E-state index in [1.54, 1.807) is 7.05 Å². The van der Waals surface area contributed by atoms with Gasteiger partial charge >= 0.3 is 0 Å². The fourth-order valence-electron chi connectivity index (χ4n) is 3.34. The van der Waals surface area contributed by atoms with Crippen molar-refractivity contribution in [3.05, 3.63) is 0 Å². The highest BCUT2D eigenvalue weighted by molar-refractivity contribution is 5.81. The van der Waals surface area contributed by atoms with Crippen LogP contribution in [0.1, 0.15) is 44.9 Å². The van der Waals surface area contributed by atoms with Crippen molar-refractivity contribution in [1.82, 2.24) is 10.2 Å². The van der Waals surface area contributed by atoms with Gasteiger partial charge < -0.3 is 11.1 Å². The van der Waals surface area contributed by atoms with Crippen LogP contribution in [0, 0.1) is 0 Å². The molecule has 4 nitrogen and oxygen atoms in total. The first-order valence-corrected chi connectivity index (χ1v) is 6.95. The van der Waals surface area contributed by atoms with Gasteiger partial charge in [-0.25, -0.2) is 0 Å². The fourth-order valence-corrected chi connectivity index (χ4v) is 3.34. The van der Waals surface area contributed by atoms with E-state index in [9.17, 15) is 4.79 Å². The first kappa shape index (κ1) is 12.8. The average Bonchev–Trinajstić information content (AvgIpc) is 2.38. The molecule has 1 heterocycles. The van der Waals surface area contributed by atoms with E-state index in [-0.39, 0.29) is 11.9 Å². The molecule has 0 spiro atoms. The number of nitrogens with two attached hydrogens (primary N) is 1. The van der Waals surface area contributed by atoms with E-state index >= 15 is 0 Å². The molecule has 4 heteroatoms. The minimum atomic E-state index is 0.0871. The van der Waals surface area contributed by atoms with Crippen molar-refractivity contribution < 1.29 is 4.79 Å². The molecule has 0 bridgehead atoms. The van der Waals surface area contributed by atoms with Crippen LogP contribution in [0.2, 0.25) is 0 Å². The van der Waals surface area contributed by atoms with Gasteiger partial charge in [0.25, 0.3) is 0 Å². The summed E-state index contributed by atoms with van der Waals surface area (Å²) in [7, 11) is 1.74. The Balaban J connectivity index is 2.02. The van der Waals surface area contributed by atoms with Crippen LogP contribution >= 0.6 is 0 Å². The molecule has 98 valence electrons. The Bertz CT molecular complexity index is 269. The zero-order valence-electron chi connectivity index (χ0n) is 10.8. The van der Waals surface area contributed by atoms with Gasteiger partial charge in [0, 0.05) is 19.1 Å². The van der Waals surface area contributed by atoms with E-state index in [2.05, 4.69) is 10.2 Å². The second-order valence-electron chi connectivity index (χ2n) is 5.44. The molecule has 3 atom stereocenters. The molecular formula is C13H25N3O. The van der Waals surface area contributed by atoms with E-state index in [0.29, 0.717) is 12.1 Å². The maximum Gasteiger partial charge on any atom is 0.237 e. The maximum atomic E-state index is 11.9. The molecule has 1 amide bonds. The van der Waals surface area contributed by atoms with Gasteiger partial charge in [-0.3, -0.25) is 9.69 Å². The minimum absolute atomic E-state index is 0.0871. The van der Waals surface area contributed by atoms with Crippen LogP contribution in [-0.2, 0) is 4.79 Å². The third-order valence-corrected chi connectivity index (χ3v) is 4.25. The molecule has 2 fully saturated rings. The van der Waals surface area contributed by atoms with Crippen molar-refractivity contribution in [2.45, 2.75) is 63.1 Å². The van der Waals surface area contributed by atoms with Crippen LogP contribution in [0.4, 0.5) is 0 Å². The molecule has 1 saturated carbocycles. The summed E-state index contributed by atoms with van der Waals surface area (Å²) in [6, 6.07) is 0.950. The van der Waals surface area contributed by atoms with Gasteiger partial charge in [-0.1, -0.05) is 12.8 Å². The zero-order chi connectivity index (χ0) is 12.3. The Morgan fingerprint density at radius 3 is 2.76 bits per heavy atom. The lowest BCUT2D eigenvalue weighted by molar-refractivity contribution is -0.128. The summed E-state index contributed by atoms with van der Waals surface area (Å²) >= 11 is 0. The summed E-state index contributed by atoms with van der Waals surface area (Å²) in [6.07, 6.45) is 8.03. The first-order valence-electron chi connectivity index (χ1n) is 6.95. The third kappa shape index (κ3) is 2.99. The van der Waals surface area contributed by atoms with Crippen molar-refractivity contribution in [2.75, 3.05) is 13.6 Å². The van der Waals surface area contributed by atoms with Crippen molar-refractivity contribution in [3.8, 4) is 0 Å². The Hall–Kier alpha value is -0.610. The van der Waals surface area contributed by atoms with Gasteiger partial charge in [0.15, 0.2) is 0 Å². The third-order valence-electron chi connectivity index (χ3n) is 4.25. The van der Waals surface area contributed by atoms with Crippen LogP contribution in [0.15, 0.2) is 0 Å². The fraction of sp³-hybridized carbons (Fsp3) is 0.923. The second-order valence-corrected chi connectivity index (χ2v) is 5.44. The highest BCUT2D eigenvalue weighted by Gasteiger charge is 2.34. The summed E-state index contributed by atoms with van der Waals surface area (Å²) in [6.45, 7) is 1.06. The Labute approximate surface area is 104 Å². The number of hydrogen-bond donors (Lipinski definition) is 2. The summed E-state index contributed by atoms with van der Waals surface area (Å²) in [5.41, 5.74) is 6.06. The van der Waals surface area contributed by atoms with E-state index in [0.717, 1.165) is 25.8 Å². The number of carbonyl (C=O) groups is 1. The number of nitrogens with one attached hydrogen (secondary N) is 1. The summed E-state index contributed by atoms with van der Waals surface area (Å²) in [5, 5.41) is 2.80. The van der Waals surface area contributed by atoms with Gasteiger partial charge in [-0.2, -0.15) is 0 Å². The smallest absolute Gasteiger partial charge is 0.237 e. The van der Waals surface area contributed by atoms with Crippen LogP contribution in [0.5, 0.6) is 0 Å². The molecule has 3 N–H and O–H groups in total. The highest BCUT2D eigenvalue weighted by Crippen LogP contribution is 2.28. The molecular weight excluding hydrogens is 214 g/mol. The Morgan fingerprint density at radius 1 is 1.24 bits per heavy atom. The van der Waals surface area contributed by atoms with Gasteiger partial charge in [0.2, 0.25) is 5.91 Å². The van der Waals surface area contributed by atoms with Crippen molar-refractivity contribution in [1.29, 1.82) is 0 Å². The molecule has 0 aromatic heterocycles. The molecule has 17 heavy (non-hydrogen) atoms. The summed E-state index contributed by atoms with van der Waals surface area (Å²) in [4.78, 5) is 14.3. The van der Waals surface area contributed by atoms with Gasteiger partial charge in [-0.15, -0.1) is 0 Å². The Kier molecular flexibility index (Phi) is 4.40. The van der Waals surface area contributed by atoms with E-state index in [1.807, 2.05) is 0 Å². The standard InChI is InChI=1S/C13H25N3O/c1-15-13(17)12-7-2-3-8-16(12)11-6-4-5-10(14)9-11/h10-12H,2-9,14H2,1H3,(H,15,17). The predicted octanol–water partition coefficient (Wildman–Crippen LogP) is 0.857. The molecule has 0 aromatic rings. The number of rotatable bonds is 2. The van der Waals surface area contributed by atoms with Gasteiger partial charge in [0.1, 0.15) is 0 Å². The van der Waals surface area contributed by atoms with Crippen molar-refractivity contribution in [3.63, 3.8) is 0 Å². The predicted molar refractivity (Wildman–Crippen MR) is 68.6 cm³/mol. The number of likely N-dealkylation sites (tertiary alicyclic amines) is 1.